The van der Waals surface area contributed by atoms with Crippen molar-refractivity contribution in [3.8, 4) is 0 Å². The number of nitrogens with one attached hydrogen (secondary N) is 1. The van der Waals surface area contributed by atoms with Gasteiger partial charge in [0.25, 0.3) is 0 Å². The van der Waals surface area contributed by atoms with Crippen LogP contribution in [0.3, 0.4) is 0 Å². The van der Waals surface area contributed by atoms with E-state index in [1.807, 2.05) is 17.5 Å². The lowest BCUT2D eigenvalue weighted by molar-refractivity contribution is -0.0176. The standard InChI is InChI=1S/C16H27NO3S2/c1-12(2)22(19,20)17-11-13(3)14-6-8-16(18,9-7-14)15-5-4-10-21-15/h4-5,10,12-14,17-18H,6-9,11H2,1-3H3. The summed E-state index contributed by atoms with van der Waals surface area (Å²) in [5.41, 5.74) is -0.679. The van der Waals surface area contributed by atoms with E-state index in [-0.39, 0.29) is 0 Å². The van der Waals surface area contributed by atoms with E-state index in [1.54, 1.807) is 25.2 Å². The predicted octanol–water partition coefficient (Wildman–Crippen LogP) is 3.09. The topological polar surface area (TPSA) is 66.4 Å². The Labute approximate surface area is 138 Å². The van der Waals surface area contributed by atoms with E-state index in [1.165, 1.54) is 0 Å². The Kier molecular flexibility index (Phi) is 5.69. The van der Waals surface area contributed by atoms with Crippen molar-refractivity contribution in [2.45, 2.75) is 57.3 Å². The first-order chi connectivity index (χ1) is 10.2. The van der Waals surface area contributed by atoms with Gasteiger partial charge in [-0.2, -0.15) is 0 Å². The molecule has 0 radical (unpaired) electrons. The van der Waals surface area contributed by atoms with Gasteiger partial charge in [0.1, 0.15) is 0 Å². The molecule has 1 fully saturated rings. The molecule has 0 saturated heterocycles. The third-order valence-electron chi connectivity index (χ3n) is 4.87. The highest BCUT2D eigenvalue weighted by Gasteiger charge is 2.37. The van der Waals surface area contributed by atoms with Crippen molar-refractivity contribution in [3.63, 3.8) is 0 Å². The summed E-state index contributed by atoms with van der Waals surface area (Å²) in [6.07, 6.45) is 3.41. The molecule has 126 valence electrons. The molecule has 1 heterocycles. The summed E-state index contributed by atoms with van der Waals surface area (Å²) >= 11 is 1.61. The fourth-order valence-electron chi connectivity index (χ4n) is 3.06. The average molecular weight is 346 g/mol. The summed E-state index contributed by atoms with van der Waals surface area (Å²) in [6, 6.07) is 3.98. The Morgan fingerprint density at radius 1 is 1.36 bits per heavy atom. The molecule has 22 heavy (non-hydrogen) atoms. The zero-order chi connectivity index (χ0) is 16.4. The summed E-state index contributed by atoms with van der Waals surface area (Å²) < 4.78 is 26.4. The lowest BCUT2D eigenvalue weighted by Gasteiger charge is -2.37. The minimum Gasteiger partial charge on any atom is -0.384 e. The van der Waals surface area contributed by atoms with Crippen molar-refractivity contribution < 1.29 is 13.5 Å². The van der Waals surface area contributed by atoms with Crippen molar-refractivity contribution >= 4 is 21.4 Å². The van der Waals surface area contributed by atoms with Crippen molar-refractivity contribution in [1.82, 2.24) is 4.72 Å². The molecule has 1 aliphatic rings. The summed E-state index contributed by atoms with van der Waals surface area (Å²) in [4.78, 5) is 1.05. The average Bonchev–Trinajstić information content (AvgIpc) is 3.00. The van der Waals surface area contributed by atoms with Gasteiger partial charge in [-0.05, 0) is 62.8 Å². The van der Waals surface area contributed by atoms with Gasteiger partial charge in [0.2, 0.25) is 10.0 Å². The van der Waals surface area contributed by atoms with Crippen molar-refractivity contribution in [2.75, 3.05) is 6.54 Å². The molecule has 0 aliphatic heterocycles. The van der Waals surface area contributed by atoms with Crippen LogP contribution in [0.5, 0.6) is 0 Å². The highest BCUT2D eigenvalue weighted by atomic mass is 32.2. The van der Waals surface area contributed by atoms with Gasteiger partial charge in [0.05, 0.1) is 10.9 Å². The van der Waals surface area contributed by atoms with Gasteiger partial charge in [0.15, 0.2) is 0 Å². The number of sulfonamides is 1. The van der Waals surface area contributed by atoms with Crippen LogP contribution in [0.2, 0.25) is 0 Å². The Balaban J connectivity index is 1.86. The fourth-order valence-corrected chi connectivity index (χ4v) is 4.77. The van der Waals surface area contributed by atoms with E-state index < -0.39 is 20.9 Å². The predicted molar refractivity (Wildman–Crippen MR) is 91.4 cm³/mol. The molecule has 1 aromatic heterocycles. The lowest BCUT2D eigenvalue weighted by atomic mass is 9.73. The van der Waals surface area contributed by atoms with Crippen LogP contribution < -0.4 is 4.72 Å². The maximum absolute atomic E-state index is 11.8. The van der Waals surface area contributed by atoms with Gasteiger partial charge in [0, 0.05) is 11.4 Å². The van der Waals surface area contributed by atoms with Crippen LogP contribution in [0.25, 0.3) is 0 Å². The molecule has 1 saturated carbocycles. The molecule has 2 rings (SSSR count). The van der Waals surface area contributed by atoms with Crippen molar-refractivity contribution in [2.24, 2.45) is 11.8 Å². The van der Waals surface area contributed by atoms with Gasteiger partial charge >= 0.3 is 0 Å². The van der Waals surface area contributed by atoms with Crippen LogP contribution in [0.1, 0.15) is 51.3 Å². The van der Waals surface area contributed by atoms with Crippen LogP contribution in [0.4, 0.5) is 0 Å². The highest BCUT2D eigenvalue weighted by Crippen LogP contribution is 2.43. The van der Waals surface area contributed by atoms with E-state index in [2.05, 4.69) is 11.6 Å². The summed E-state index contributed by atoms with van der Waals surface area (Å²) in [5, 5.41) is 12.4. The van der Waals surface area contributed by atoms with Crippen LogP contribution >= 0.6 is 11.3 Å². The molecule has 0 amide bonds. The van der Waals surface area contributed by atoms with Crippen LogP contribution in [0.15, 0.2) is 17.5 Å². The highest BCUT2D eigenvalue weighted by molar-refractivity contribution is 7.90. The fraction of sp³-hybridized carbons (Fsp3) is 0.750. The Hall–Kier alpha value is -0.430. The van der Waals surface area contributed by atoms with Gasteiger partial charge in [-0.3, -0.25) is 0 Å². The first-order valence-electron chi connectivity index (χ1n) is 7.99. The van der Waals surface area contributed by atoms with Gasteiger partial charge in [-0.25, -0.2) is 13.1 Å². The molecule has 1 atom stereocenters. The number of rotatable bonds is 6. The van der Waals surface area contributed by atoms with Gasteiger partial charge in [-0.1, -0.05) is 13.0 Å². The molecule has 4 nitrogen and oxygen atoms in total. The third kappa shape index (κ3) is 4.10. The van der Waals surface area contributed by atoms with Gasteiger partial charge < -0.3 is 5.11 Å². The Bertz CT molecular complexity index is 558. The van der Waals surface area contributed by atoms with E-state index in [9.17, 15) is 13.5 Å². The zero-order valence-electron chi connectivity index (χ0n) is 13.6. The number of aliphatic hydroxyl groups is 1. The number of hydrogen-bond donors (Lipinski definition) is 2. The van der Waals surface area contributed by atoms with E-state index in [0.29, 0.717) is 18.4 Å². The Morgan fingerprint density at radius 3 is 2.50 bits per heavy atom. The normalized spacial score (nSPS) is 28.0. The lowest BCUT2D eigenvalue weighted by Crippen LogP contribution is -2.38. The second kappa shape index (κ2) is 6.99. The molecular weight excluding hydrogens is 318 g/mol. The second-order valence-corrected chi connectivity index (χ2v) is 10.0. The Morgan fingerprint density at radius 2 is 2.00 bits per heavy atom. The zero-order valence-corrected chi connectivity index (χ0v) is 15.2. The van der Waals surface area contributed by atoms with Crippen LogP contribution in [-0.2, 0) is 15.6 Å². The number of hydrogen-bond acceptors (Lipinski definition) is 4. The van der Waals surface area contributed by atoms with Crippen molar-refractivity contribution in [3.05, 3.63) is 22.4 Å². The monoisotopic (exact) mass is 345 g/mol. The molecule has 1 aliphatic carbocycles. The summed E-state index contributed by atoms with van der Waals surface area (Å²) in [6.45, 7) is 5.97. The quantitative estimate of drug-likeness (QED) is 0.832. The number of thiophene rings is 1. The van der Waals surface area contributed by atoms with Crippen LogP contribution in [-0.4, -0.2) is 25.3 Å². The molecule has 1 unspecified atom stereocenters. The van der Waals surface area contributed by atoms with E-state index >= 15 is 0 Å². The SMILES string of the molecule is CC(CNS(=O)(=O)C(C)C)C1CCC(O)(c2cccs2)CC1. The molecule has 0 aromatic carbocycles. The maximum Gasteiger partial charge on any atom is 0.213 e. The maximum atomic E-state index is 11.8. The largest absolute Gasteiger partial charge is 0.384 e. The smallest absolute Gasteiger partial charge is 0.213 e. The summed E-state index contributed by atoms with van der Waals surface area (Å²) in [5.74, 6) is 0.761. The molecule has 2 N–H and O–H groups in total. The molecule has 0 bridgehead atoms. The molecule has 1 aromatic rings. The summed E-state index contributed by atoms with van der Waals surface area (Å²) in [7, 11) is -3.19. The molecule has 6 heteroatoms. The van der Waals surface area contributed by atoms with Gasteiger partial charge in [-0.15, -0.1) is 11.3 Å². The minimum atomic E-state index is -3.19. The first-order valence-corrected chi connectivity index (χ1v) is 10.4. The van der Waals surface area contributed by atoms with E-state index in [0.717, 1.165) is 30.6 Å². The van der Waals surface area contributed by atoms with E-state index in [4.69, 9.17) is 0 Å². The second-order valence-electron chi connectivity index (χ2n) is 6.77. The molecular formula is C16H27NO3S2. The van der Waals surface area contributed by atoms with Crippen LogP contribution in [0, 0.1) is 11.8 Å². The molecule has 0 spiro atoms. The minimum absolute atomic E-state index is 0.293. The third-order valence-corrected chi connectivity index (χ3v) is 7.74. The van der Waals surface area contributed by atoms with Crippen molar-refractivity contribution in [1.29, 1.82) is 0 Å². The first kappa shape index (κ1) is 17.9.